The van der Waals surface area contributed by atoms with Gasteiger partial charge in [-0.15, -0.1) is 0 Å². The van der Waals surface area contributed by atoms with E-state index in [1.807, 2.05) is 11.0 Å². The van der Waals surface area contributed by atoms with Gasteiger partial charge in [0.1, 0.15) is 5.75 Å². The maximum Gasteiger partial charge on any atom is 0.337 e. The summed E-state index contributed by atoms with van der Waals surface area (Å²) in [6.45, 7) is 2.38. The van der Waals surface area contributed by atoms with Crippen LogP contribution in [-0.2, 0) is 4.74 Å². The Hall–Kier alpha value is -2.73. The third-order valence-corrected chi connectivity index (χ3v) is 4.91. The summed E-state index contributed by atoms with van der Waals surface area (Å²) in [5.41, 5.74) is 1.83. The molecule has 0 atom stereocenters. The summed E-state index contributed by atoms with van der Waals surface area (Å²) in [5, 5.41) is 0.565. The van der Waals surface area contributed by atoms with E-state index >= 15 is 0 Å². The highest BCUT2D eigenvalue weighted by molar-refractivity contribution is 6.33. The second kappa shape index (κ2) is 8.31. The van der Waals surface area contributed by atoms with Gasteiger partial charge in [-0.3, -0.25) is 4.79 Å². The van der Waals surface area contributed by atoms with Gasteiger partial charge in [0.05, 0.1) is 30.5 Å². The number of ether oxygens (including phenoxy) is 2. The Labute approximate surface area is 163 Å². The Morgan fingerprint density at radius 2 is 1.70 bits per heavy atom. The van der Waals surface area contributed by atoms with Gasteiger partial charge in [0.25, 0.3) is 5.91 Å². The van der Waals surface area contributed by atoms with Gasteiger partial charge in [-0.1, -0.05) is 17.7 Å². The summed E-state index contributed by atoms with van der Waals surface area (Å²) in [4.78, 5) is 28.4. The number of methoxy groups -OCH3 is 2. The number of hydrogen-bond donors (Lipinski definition) is 0. The highest BCUT2D eigenvalue weighted by atomic mass is 35.5. The molecular formula is C20H21ClN2O4. The van der Waals surface area contributed by atoms with Crippen molar-refractivity contribution in [2.24, 2.45) is 0 Å². The zero-order valence-corrected chi connectivity index (χ0v) is 16.0. The van der Waals surface area contributed by atoms with Gasteiger partial charge in [0.2, 0.25) is 0 Å². The summed E-state index contributed by atoms with van der Waals surface area (Å²) < 4.78 is 9.96. The molecule has 0 radical (unpaired) electrons. The smallest absolute Gasteiger partial charge is 0.337 e. The molecule has 1 fully saturated rings. The first kappa shape index (κ1) is 19.0. The molecule has 1 aliphatic rings. The normalized spacial score (nSPS) is 14.0. The van der Waals surface area contributed by atoms with Crippen LogP contribution < -0.4 is 9.64 Å². The quantitative estimate of drug-likeness (QED) is 0.753. The van der Waals surface area contributed by atoms with Crippen molar-refractivity contribution >= 4 is 29.2 Å². The molecular weight excluding hydrogens is 368 g/mol. The van der Waals surface area contributed by atoms with Crippen LogP contribution in [-0.4, -0.2) is 57.2 Å². The highest BCUT2D eigenvalue weighted by Gasteiger charge is 2.24. The number of nitrogens with zero attached hydrogens (tertiary/aromatic N) is 2. The van der Waals surface area contributed by atoms with Crippen molar-refractivity contribution < 1.29 is 19.1 Å². The number of carbonyl (C=O) groups excluding carboxylic acids is 2. The van der Waals surface area contributed by atoms with E-state index in [0.29, 0.717) is 48.1 Å². The summed E-state index contributed by atoms with van der Waals surface area (Å²) in [5.74, 6) is 0.230. The Morgan fingerprint density at radius 1 is 0.963 bits per heavy atom. The van der Waals surface area contributed by atoms with Crippen LogP contribution in [0.3, 0.4) is 0 Å². The summed E-state index contributed by atoms with van der Waals surface area (Å²) in [7, 11) is 2.92. The third kappa shape index (κ3) is 4.17. The number of rotatable bonds is 4. The molecule has 27 heavy (non-hydrogen) atoms. The van der Waals surface area contributed by atoms with E-state index in [2.05, 4.69) is 4.90 Å². The number of amides is 1. The molecule has 142 valence electrons. The third-order valence-electron chi connectivity index (χ3n) is 4.59. The van der Waals surface area contributed by atoms with Crippen molar-refractivity contribution in [2.45, 2.75) is 0 Å². The van der Waals surface area contributed by atoms with E-state index in [9.17, 15) is 9.59 Å². The molecule has 1 heterocycles. The van der Waals surface area contributed by atoms with Crippen molar-refractivity contribution in [3.8, 4) is 5.75 Å². The SMILES string of the molecule is COC(=O)c1ccc(Cl)c(N2CCN(C(=O)c3cccc(OC)c3)CC2)c1. The molecule has 1 saturated heterocycles. The van der Waals surface area contributed by atoms with Gasteiger partial charge in [-0.05, 0) is 36.4 Å². The number of benzene rings is 2. The topological polar surface area (TPSA) is 59.1 Å². The number of carbonyl (C=O) groups is 2. The van der Waals surface area contributed by atoms with Crippen molar-refractivity contribution in [1.29, 1.82) is 0 Å². The zero-order chi connectivity index (χ0) is 19.4. The van der Waals surface area contributed by atoms with E-state index in [0.717, 1.165) is 5.69 Å². The summed E-state index contributed by atoms with van der Waals surface area (Å²) in [6.07, 6.45) is 0. The second-order valence-corrected chi connectivity index (χ2v) is 6.58. The van der Waals surface area contributed by atoms with Crippen molar-refractivity contribution in [1.82, 2.24) is 4.90 Å². The van der Waals surface area contributed by atoms with E-state index < -0.39 is 5.97 Å². The fraction of sp³-hybridized carbons (Fsp3) is 0.300. The Morgan fingerprint density at radius 3 is 2.37 bits per heavy atom. The number of piperazine rings is 1. The standard InChI is InChI=1S/C20H21ClN2O4/c1-26-16-5-3-4-14(12-16)19(24)23-10-8-22(9-11-23)18-13-15(20(25)27-2)6-7-17(18)21/h3-7,12-13H,8-11H2,1-2H3. The van der Waals surface area contributed by atoms with Crippen LogP contribution in [0.5, 0.6) is 5.75 Å². The van der Waals surface area contributed by atoms with E-state index in [1.54, 1.807) is 43.5 Å². The lowest BCUT2D eigenvalue weighted by Crippen LogP contribution is -2.48. The fourth-order valence-corrected chi connectivity index (χ4v) is 3.33. The van der Waals surface area contributed by atoms with E-state index in [-0.39, 0.29) is 5.91 Å². The minimum atomic E-state index is -0.403. The van der Waals surface area contributed by atoms with Gasteiger partial charge >= 0.3 is 5.97 Å². The Bertz CT molecular complexity index is 848. The van der Waals surface area contributed by atoms with Crippen LogP contribution in [0.1, 0.15) is 20.7 Å². The molecule has 1 amide bonds. The molecule has 6 nitrogen and oxygen atoms in total. The predicted octanol–water partition coefficient (Wildman–Crippen LogP) is 3.10. The molecule has 0 aromatic heterocycles. The highest BCUT2D eigenvalue weighted by Crippen LogP contribution is 2.28. The van der Waals surface area contributed by atoms with E-state index in [4.69, 9.17) is 21.1 Å². The molecule has 0 unspecified atom stereocenters. The van der Waals surface area contributed by atoms with Crippen LogP contribution in [0.25, 0.3) is 0 Å². The van der Waals surface area contributed by atoms with Crippen molar-refractivity contribution in [2.75, 3.05) is 45.3 Å². The Balaban J connectivity index is 1.70. The molecule has 2 aromatic carbocycles. The minimum absolute atomic E-state index is 0.0250. The number of esters is 1. The molecule has 0 aliphatic carbocycles. The lowest BCUT2D eigenvalue weighted by atomic mass is 10.1. The first-order valence-corrected chi connectivity index (χ1v) is 8.97. The van der Waals surface area contributed by atoms with Gasteiger partial charge in [-0.25, -0.2) is 4.79 Å². The van der Waals surface area contributed by atoms with Crippen LogP contribution in [0, 0.1) is 0 Å². The van der Waals surface area contributed by atoms with Crippen molar-refractivity contribution in [3.05, 3.63) is 58.6 Å². The molecule has 0 N–H and O–H groups in total. The van der Waals surface area contributed by atoms with Gasteiger partial charge in [0, 0.05) is 31.7 Å². The largest absolute Gasteiger partial charge is 0.497 e. The lowest BCUT2D eigenvalue weighted by molar-refractivity contribution is 0.0600. The second-order valence-electron chi connectivity index (χ2n) is 6.17. The first-order chi connectivity index (χ1) is 13.0. The fourth-order valence-electron chi connectivity index (χ4n) is 3.09. The average Bonchev–Trinajstić information content (AvgIpc) is 2.73. The van der Waals surface area contributed by atoms with Crippen LogP contribution in [0.15, 0.2) is 42.5 Å². The van der Waals surface area contributed by atoms with Gasteiger partial charge < -0.3 is 19.3 Å². The molecule has 1 aliphatic heterocycles. The van der Waals surface area contributed by atoms with Crippen LogP contribution >= 0.6 is 11.6 Å². The maximum atomic E-state index is 12.7. The molecule has 7 heteroatoms. The molecule has 2 aromatic rings. The number of anilines is 1. The van der Waals surface area contributed by atoms with Gasteiger partial charge in [-0.2, -0.15) is 0 Å². The predicted molar refractivity (Wildman–Crippen MR) is 104 cm³/mol. The lowest BCUT2D eigenvalue weighted by Gasteiger charge is -2.36. The number of hydrogen-bond acceptors (Lipinski definition) is 5. The molecule has 0 bridgehead atoms. The van der Waals surface area contributed by atoms with Crippen LogP contribution in [0.4, 0.5) is 5.69 Å². The first-order valence-electron chi connectivity index (χ1n) is 8.59. The Kier molecular flexibility index (Phi) is 5.86. The summed E-state index contributed by atoms with van der Waals surface area (Å²) >= 11 is 6.32. The van der Waals surface area contributed by atoms with Crippen molar-refractivity contribution in [3.63, 3.8) is 0 Å². The van der Waals surface area contributed by atoms with Crippen LogP contribution in [0.2, 0.25) is 5.02 Å². The zero-order valence-electron chi connectivity index (χ0n) is 15.3. The molecule has 0 saturated carbocycles. The average molecular weight is 389 g/mol. The minimum Gasteiger partial charge on any atom is -0.497 e. The molecule has 3 rings (SSSR count). The molecule has 0 spiro atoms. The van der Waals surface area contributed by atoms with Gasteiger partial charge in [0.15, 0.2) is 0 Å². The summed E-state index contributed by atoms with van der Waals surface area (Å²) in [6, 6.07) is 12.2. The number of halogens is 1. The monoisotopic (exact) mass is 388 g/mol. The maximum absolute atomic E-state index is 12.7. The van der Waals surface area contributed by atoms with E-state index in [1.165, 1.54) is 7.11 Å².